The van der Waals surface area contributed by atoms with Gasteiger partial charge in [0.1, 0.15) is 5.15 Å². The molecule has 3 aliphatic rings. The van der Waals surface area contributed by atoms with Gasteiger partial charge in [0.05, 0.1) is 15.7 Å². The molecule has 2 amide bonds. The highest BCUT2D eigenvalue weighted by atomic mass is 35.5. The molecule has 1 saturated heterocycles. The van der Waals surface area contributed by atoms with Crippen LogP contribution in [0.4, 0.5) is 10.5 Å². The number of ether oxygens (including phenoxy) is 2. The molecule has 0 saturated carbocycles. The van der Waals surface area contributed by atoms with E-state index in [2.05, 4.69) is 33.4 Å². The highest BCUT2D eigenvalue weighted by Gasteiger charge is 2.48. The number of carbonyl (C=O) groups is 1. The largest absolute Gasteiger partial charge is 0.449 e. The van der Waals surface area contributed by atoms with Crippen LogP contribution in [-0.2, 0) is 12.0 Å². The first-order chi connectivity index (χ1) is 19.6. The van der Waals surface area contributed by atoms with Crippen molar-refractivity contribution < 1.29 is 14.3 Å². The lowest BCUT2D eigenvalue weighted by Gasteiger charge is -2.39. The van der Waals surface area contributed by atoms with Crippen LogP contribution in [0.25, 0.3) is 6.08 Å². The van der Waals surface area contributed by atoms with E-state index in [1.54, 1.807) is 12.3 Å². The van der Waals surface area contributed by atoms with Crippen molar-refractivity contribution in [3.8, 4) is 11.5 Å². The van der Waals surface area contributed by atoms with E-state index in [4.69, 9.17) is 44.3 Å². The normalized spacial score (nSPS) is 18.7. The topological polar surface area (TPSA) is 66.9 Å². The molecule has 0 atom stereocenters. The summed E-state index contributed by atoms with van der Waals surface area (Å²) in [5.41, 5.74) is 3.77. The highest BCUT2D eigenvalue weighted by molar-refractivity contribution is 6.42. The van der Waals surface area contributed by atoms with E-state index in [9.17, 15) is 4.79 Å². The van der Waals surface area contributed by atoms with Crippen molar-refractivity contribution in [2.75, 3.05) is 31.1 Å². The fraction of sp³-hybridized carbons (Fsp3) is 0.355. The number of rotatable bonds is 5. The molecule has 1 spiro atoms. The monoisotopic (exact) mass is 612 g/mol. The van der Waals surface area contributed by atoms with Crippen LogP contribution in [0.2, 0.25) is 15.2 Å². The molecule has 41 heavy (non-hydrogen) atoms. The lowest BCUT2D eigenvalue weighted by Crippen LogP contribution is -2.47. The number of hydrogen-bond donors (Lipinski definition) is 1. The molecule has 0 aliphatic carbocycles. The maximum absolute atomic E-state index is 13.6. The number of amides is 2. The molecule has 3 aliphatic heterocycles. The zero-order valence-corrected chi connectivity index (χ0v) is 25.2. The van der Waals surface area contributed by atoms with Gasteiger partial charge in [-0.25, -0.2) is 9.78 Å². The molecular formula is C31H31Cl3N4O3. The molecule has 6 rings (SSSR count). The second-order valence-electron chi connectivity index (χ2n) is 11.3. The van der Waals surface area contributed by atoms with E-state index >= 15 is 0 Å². The van der Waals surface area contributed by atoms with Crippen molar-refractivity contribution in [1.82, 2.24) is 15.2 Å². The van der Waals surface area contributed by atoms with Crippen LogP contribution in [0.15, 0.2) is 54.7 Å². The SMILES string of the molecule is CC1(C)Oc2cc3c(cc2O1)C1(CCN(C/C=C/c2ccc(Cl)c(Cl)c2)CC1)CN3C(=O)NCc1ccnc(Cl)c1. The van der Waals surface area contributed by atoms with E-state index in [0.717, 1.165) is 60.6 Å². The van der Waals surface area contributed by atoms with Gasteiger partial charge in [-0.1, -0.05) is 53.0 Å². The number of benzene rings is 2. The number of nitrogens with one attached hydrogen (secondary N) is 1. The van der Waals surface area contributed by atoms with Gasteiger partial charge in [-0.3, -0.25) is 9.80 Å². The van der Waals surface area contributed by atoms with Crippen LogP contribution in [0.3, 0.4) is 0 Å². The number of nitrogens with zero attached hydrogens (tertiary/aromatic N) is 3. The fourth-order valence-electron chi connectivity index (χ4n) is 5.93. The minimum atomic E-state index is -0.748. The molecule has 1 N–H and O–H groups in total. The first-order valence-electron chi connectivity index (χ1n) is 13.7. The molecule has 1 fully saturated rings. The van der Waals surface area contributed by atoms with Crippen molar-refractivity contribution in [1.29, 1.82) is 0 Å². The third-order valence-electron chi connectivity index (χ3n) is 8.01. The first-order valence-corrected chi connectivity index (χ1v) is 14.8. The number of piperidine rings is 1. The van der Waals surface area contributed by atoms with Gasteiger partial charge in [0.2, 0.25) is 5.79 Å². The average molecular weight is 614 g/mol. The van der Waals surface area contributed by atoms with Gasteiger partial charge in [0.25, 0.3) is 0 Å². The second kappa shape index (κ2) is 11.0. The molecule has 0 bridgehead atoms. The standard InChI is InChI=1S/C31H31Cl3N4O3/c1-30(2)40-26-16-22-25(17-27(26)41-30)38(29(39)36-18-21-7-10-35-28(34)15-21)19-31(22)8-12-37(13-9-31)11-3-4-20-5-6-23(32)24(33)14-20/h3-7,10,14-17H,8-9,11-13,18-19H2,1-2H3,(H,36,39)/b4-3+. The van der Waals surface area contributed by atoms with Crippen molar-refractivity contribution in [2.24, 2.45) is 0 Å². The van der Waals surface area contributed by atoms with Crippen molar-refractivity contribution in [3.05, 3.63) is 86.6 Å². The third-order valence-corrected chi connectivity index (χ3v) is 8.95. The predicted octanol–water partition coefficient (Wildman–Crippen LogP) is 7.33. The van der Waals surface area contributed by atoms with Crippen LogP contribution >= 0.6 is 34.8 Å². The van der Waals surface area contributed by atoms with Crippen LogP contribution in [0.1, 0.15) is 43.4 Å². The van der Waals surface area contributed by atoms with Crippen molar-refractivity contribution in [2.45, 2.75) is 44.4 Å². The molecule has 3 aromatic rings. The summed E-state index contributed by atoms with van der Waals surface area (Å²) in [5, 5.41) is 4.57. The number of halogens is 3. The molecular weight excluding hydrogens is 583 g/mol. The Labute approximate surface area is 255 Å². The lowest BCUT2D eigenvalue weighted by atomic mass is 9.74. The molecule has 7 nitrogen and oxygen atoms in total. The van der Waals surface area contributed by atoms with Gasteiger partial charge in [0, 0.05) is 51.2 Å². The Morgan fingerprint density at radius 1 is 1.02 bits per heavy atom. The van der Waals surface area contributed by atoms with E-state index in [1.165, 1.54) is 0 Å². The molecule has 4 heterocycles. The lowest BCUT2D eigenvalue weighted by molar-refractivity contribution is -0.0431. The fourth-order valence-corrected chi connectivity index (χ4v) is 6.44. The molecule has 214 valence electrons. The number of anilines is 1. The van der Waals surface area contributed by atoms with Crippen molar-refractivity contribution >= 4 is 52.6 Å². The third kappa shape index (κ3) is 5.86. The second-order valence-corrected chi connectivity index (χ2v) is 12.5. The summed E-state index contributed by atoms with van der Waals surface area (Å²) in [7, 11) is 0. The number of fused-ring (bicyclic) bond motifs is 3. The van der Waals surface area contributed by atoms with E-state index in [0.29, 0.717) is 34.0 Å². The van der Waals surface area contributed by atoms with Crippen molar-refractivity contribution in [3.63, 3.8) is 0 Å². The maximum atomic E-state index is 13.6. The van der Waals surface area contributed by atoms with Gasteiger partial charge in [-0.2, -0.15) is 0 Å². The van der Waals surface area contributed by atoms with Crippen LogP contribution < -0.4 is 19.7 Å². The average Bonchev–Trinajstić information content (AvgIpc) is 3.41. The van der Waals surface area contributed by atoms with Crippen LogP contribution in [0.5, 0.6) is 11.5 Å². The Balaban J connectivity index is 1.18. The summed E-state index contributed by atoms with van der Waals surface area (Å²) >= 11 is 18.2. The summed E-state index contributed by atoms with van der Waals surface area (Å²) < 4.78 is 12.1. The molecule has 0 radical (unpaired) electrons. The Bertz CT molecular complexity index is 1520. The summed E-state index contributed by atoms with van der Waals surface area (Å²) in [5.74, 6) is 0.644. The Hall–Kier alpha value is -2.97. The Morgan fingerprint density at radius 2 is 1.78 bits per heavy atom. The van der Waals surface area contributed by atoms with Gasteiger partial charge in [0.15, 0.2) is 11.5 Å². The summed E-state index contributed by atoms with van der Waals surface area (Å²) in [6.07, 6.45) is 7.72. The Morgan fingerprint density at radius 3 is 2.51 bits per heavy atom. The van der Waals surface area contributed by atoms with E-state index in [1.807, 2.05) is 49.1 Å². The zero-order chi connectivity index (χ0) is 28.8. The smallest absolute Gasteiger partial charge is 0.322 e. The number of likely N-dealkylation sites (tertiary alicyclic amines) is 1. The Kier molecular flexibility index (Phi) is 7.57. The minimum absolute atomic E-state index is 0.152. The highest BCUT2D eigenvalue weighted by Crippen LogP contribution is 2.53. The van der Waals surface area contributed by atoms with Gasteiger partial charge < -0.3 is 14.8 Å². The van der Waals surface area contributed by atoms with E-state index < -0.39 is 5.79 Å². The number of carbonyl (C=O) groups excluding carboxylic acids is 1. The van der Waals surface area contributed by atoms with Gasteiger partial charge >= 0.3 is 6.03 Å². The summed E-state index contributed by atoms with van der Waals surface area (Å²) in [4.78, 5) is 21.9. The first kappa shape index (κ1) is 28.2. The predicted molar refractivity (Wildman–Crippen MR) is 163 cm³/mol. The summed E-state index contributed by atoms with van der Waals surface area (Å²) in [6.45, 7) is 7.40. The number of urea groups is 1. The number of aromatic nitrogens is 1. The van der Waals surface area contributed by atoms with Gasteiger partial charge in [-0.05, 0) is 73.0 Å². The molecule has 1 aromatic heterocycles. The zero-order valence-electron chi connectivity index (χ0n) is 22.9. The maximum Gasteiger partial charge on any atom is 0.322 e. The molecule has 2 aromatic carbocycles. The molecule has 10 heteroatoms. The van der Waals surface area contributed by atoms with Crippen LogP contribution in [0, 0.1) is 0 Å². The number of pyridine rings is 1. The summed E-state index contributed by atoms with van der Waals surface area (Å²) in [6, 6.07) is 13.1. The van der Waals surface area contributed by atoms with Gasteiger partial charge in [-0.15, -0.1) is 0 Å². The number of hydrogen-bond acceptors (Lipinski definition) is 5. The quantitative estimate of drug-likeness (QED) is 0.305. The van der Waals surface area contributed by atoms with E-state index in [-0.39, 0.29) is 11.4 Å². The minimum Gasteiger partial charge on any atom is -0.449 e. The molecule has 0 unspecified atom stereocenters. The van der Waals surface area contributed by atoms with Crippen LogP contribution in [-0.4, -0.2) is 47.9 Å².